The lowest BCUT2D eigenvalue weighted by Gasteiger charge is -2.10. The Kier molecular flexibility index (Phi) is 4.24. The van der Waals surface area contributed by atoms with Crippen LogP contribution in [0.2, 0.25) is 0 Å². The average molecular weight is 441 g/mol. The third-order valence-corrected chi connectivity index (χ3v) is 3.64. The summed E-state index contributed by atoms with van der Waals surface area (Å²) in [6.45, 7) is 0. The van der Waals surface area contributed by atoms with E-state index in [-0.39, 0.29) is 10.2 Å². The van der Waals surface area contributed by atoms with Crippen molar-refractivity contribution < 1.29 is 9.13 Å². The second-order valence-electron chi connectivity index (χ2n) is 3.35. The maximum Gasteiger partial charge on any atom is 0.233 e. The van der Waals surface area contributed by atoms with Gasteiger partial charge in [-0.15, -0.1) is 0 Å². The molecular formula is C11H6Br3FN2O. The first-order valence-electron chi connectivity index (χ1n) is 4.71. The number of nitrogens with zero attached hydrogens (tertiary/aromatic N) is 1. The van der Waals surface area contributed by atoms with Gasteiger partial charge in [-0.3, -0.25) is 0 Å². The summed E-state index contributed by atoms with van der Waals surface area (Å²) in [4.78, 5) is 4.06. The van der Waals surface area contributed by atoms with Gasteiger partial charge < -0.3 is 10.5 Å². The van der Waals surface area contributed by atoms with Crippen molar-refractivity contribution in [2.45, 2.75) is 0 Å². The predicted octanol–water partition coefficient (Wildman–Crippen LogP) is 4.88. The smallest absolute Gasteiger partial charge is 0.233 e. The van der Waals surface area contributed by atoms with Crippen LogP contribution in [0.15, 0.2) is 37.8 Å². The number of ether oxygens (including phenoxy) is 1. The minimum Gasteiger partial charge on any atom is -0.436 e. The summed E-state index contributed by atoms with van der Waals surface area (Å²) in [7, 11) is 0. The molecule has 0 aliphatic rings. The maximum atomic E-state index is 13.4. The topological polar surface area (TPSA) is 48.1 Å². The average Bonchev–Trinajstić information content (AvgIpc) is 2.29. The SMILES string of the molecule is Nc1cc(Br)c(F)cc1Oc1ncc(Br)cc1Br. The van der Waals surface area contributed by atoms with Crippen LogP contribution >= 0.6 is 47.8 Å². The first-order valence-corrected chi connectivity index (χ1v) is 7.08. The number of aromatic nitrogens is 1. The number of hydrogen-bond donors (Lipinski definition) is 1. The number of rotatable bonds is 2. The highest BCUT2D eigenvalue weighted by Crippen LogP contribution is 2.34. The predicted molar refractivity (Wildman–Crippen MR) is 78.2 cm³/mol. The minimum atomic E-state index is -0.451. The van der Waals surface area contributed by atoms with Crippen molar-refractivity contribution in [3.05, 3.63) is 43.6 Å². The van der Waals surface area contributed by atoms with Crippen LogP contribution in [0.4, 0.5) is 10.1 Å². The monoisotopic (exact) mass is 438 g/mol. The molecule has 0 saturated carbocycles. The van der Waals surface area contributed by atoms with Crippen molar-refractivity contribution in [2.75, 3.05) is 5.73 Å². The van der Waals surface area contributed by atoms with Crippen molar-refractivity contribution in [3.8, 4) is 11.6 Å². The standard InChI is InChI=1S/C11H6Br3FN2O/c12-5-1-7(14)11(17-4-5)18-10-3-8(15)6(13)2-9(10)16/h1-4H,16H2. The summed E-state index contributed by atoms with van der Waals surface area (Å²) < 4.78 is 20.6. The molecule has 0 atom stereocenters. The Bertz CT molecular complexity index is 607. The van der Waals surface area contributed by atoms with Gasteiger partial charge in [0, 0.05) is 16.7 Å². The van der Waals surface area contributed by atoms with Gasteiger partial charge >= 0.3 is 0 Å². The summed E-state index contributed by atoms with van der Waals surface area (Å²) in [5.74, 6) is 0.0743. The van der Waals surface area contributed by atoms with Gasteiger partial charge in [-0.05, 0) is 59.9 Å². The van der Waals surface area contributed by atoms with Crippen LogP contribution < -0.4 is 10.5 Å². The van der Waals surface area contributed by atoms with Crippen molar-refractivity contribution in [3.63, 3.8) is 0 Å². The fraction of sp³-hybridized carbons (Fsp3) is 0. The molecule has 0 fully saturated rings. The largest absolute Gasteiger partial charge is 0.436 e. The molecule has 2 N–H and O–H groups in total. The van der Waals surface area contributed by atoms with E-state index >= 15 is 0 Å². The highest BCUT2D eigenvalue weighted by Gasteiger charge is 2.11. The third-order valence-electron chi connectivity index (χ3n) is 2.03. The molecule has 1 aromatic carbocycles. The maximum absolute atomic E-state index is 13.4. The Morgan fingerprint density at radius 3 is 2.50 bits per heavy atom. The summed E-state index contributed by atoms with van der Waals surface area (Å²) in [6.07, 6.45) is 1.57. The van der Waals surface area contributed by atoms with Crippen molar-refractivity contribution in [1.29, 1.82) is 0 Å². The Morgan fingerprint density at radius 1 is 1.11 bits per heavy atom. The molecule has 2 rings (SSSR count). The summed E-state index contributed by atoms with van der Waals surface area (Å²) in [6, 6.07) is 4.42. The molecule has 0 spiro atoms. The molecule has 18 heavy (non-hydrogen) atoms. The van der Waals surface area contributed by atoms with Crippen molar-refractivity contribution in [1.82, 2.24) is 4.98 Å². The van der Waals surface area contributed by atoms with E-state index in [0.717, 1.165) is 4.47 Å². The molecule has 1 heterocycles. The lowest BCUT2D eigenvalue weighted by Crippen LogP contribution is -1.96. The van der Waals surface area contributed by atoms with Crippen LogP contribution in [0, 0.1) is 5.82 Å². The Morgan fingerprint density at radius 2 is 1.83 bits per heavy atom. The lowest BCUT2D eigenvalue weighted by atomic mass is 10.3. The van der Waals surface area contributed by atoms with Crippen LogP contribution in [0.5, 0.6) is 11.6 Å². The van der Waals surface area contributed by atoms with Gasteiger partial charge in [0.25, 0.3) is 0 Å². The Balaban J connectivity index is 2.37. The number of anilines is 1. The molecule has 0 unspecified atom stereocenters. The molecule has 0 aliphatic carbocycles. The van der Waals surface area contributed by atoms with E-state index in [2.05, 4.69) is 52.8 Å². The lowest BCUT2D eigenvalue weighted by molar-refractivity contribution is 0.456. The number of nitrogen functional groups attached to an aromatic ring is 1. The van der Waals surface area contributed by atoms with Gasteiger partial charge in [-0.1, -0.05) is 0 Å². The minimum absolute atomic E-state index is 0.214. The molecule has 0 amide bonds. The van der Waals surface area contributed by atoms with Gasteiger partial charge in [0.1, 0.15) is 5.82 Å². The van der Waals surface area contributed by atoms with Crippen LogP contribution in [0.3, 0.4) is 0 Å². The molecule has 0 aliphatic heterocycles. The highest BCUT2D eigenvalue weighted by molar-refractivity contribution is 9.11. The van der Waals surface area contributed by atoms with Gasteiger partial charge in [0.2, 0.25) is 5.88 Å². The molecule has 0 radical (unpaired) electrons. The number of benzene rings is 1. The van der Waals surface area contributed by atoms with E-state index in [1.165, 1.54) is 12.1 Å². The zero-order valence-electron chi connectivity index (χ0n) is 8.75. The summed E-state index contributed by atoms with van der Waals surface area (Å²) >= 11 is 9.63. The molecule has 7 heteroatoms. The molecular weight excluding hydrogens is 435 g/mol. The second kappa shape index (κ2) is 5.54. The zero-order valence-corrected chi connectivity index (χ0v) is 13.5. The summed E-state index contributed by atoms with van der Waals surface area (Å²) in [5, 5.41) is 0. The number of hydrogen-bond acceptors (Lipinski definition) is 3. The second-order valence-corrected chi connectivity index (χ2v) is 5.97. The van der Waals surface area contributed by atoms with E-state index in [4.69, 9.17) is 10.5 Å². The van der Waals surface area contributed by atoms with E-state index in [1.54, 1.807) is 12.3 Å². The number of pyridine rings is 1. The molecule has 0 bridgehead atoms. The molecule has 2 aromatic rings. The fourth-order valence-corrected chi connectivity index (χ4v) is 2.64. The third kappa shape index (κ3) is 3.02. The molecule has 94 valence electrons. The summed E-state index contributed by atoms with van der Waals surface area (Å²) in [5.41, 5.74) is 6.06. The van der Waals surface area contributed by atoms with Crippen LogP contribution in [-0.4, -0.2) is 4.98 Å². The van der Waals surface area contributed by atoms with Gasteiger partial charge in [0.05, 0.1) is 14.6 Å². The van der Waals surface area contributed by atoms with Crippen LogP contribution in [0.25, 0.3) is 0 Å². The number of nitrogens with two attached hydrogens (primary N) is 1. The van der Waals surface area contributed by atoms with Crippen LogP contribution in [0.1, 0.15) is 0 Å². The molecule has 1 aromatic heterocycles. The van der Waals surface area contributed by atoms with E-state index in [0.29, 0.717) is 16.0 Å². The van der Waals surface area contributed by atoms with E-state index in [1.807, 2.05) is 0 Å². The normalized spacial score (nSPS) is 10.4. The van der Waals surface area contributed by atoms with Crippen molar-refractivity contribution >= 4 is 53.5 Å². The van der Waals surface area contributed by atoms with E-state index in [9.17, 15) is 4.39 Å². The van der Waals surface area contributed by atoms with Crippen molar-refractivity contribution in [2.24, 2.45) is 0 Å². The first kappa shape index (κ1) is 13.8. The van der Waals surface area contributed by atoms with E-state index < -0.39 is 5.82 Å². The first-order chi connectivity index (χ1) is 8.47. The highest BCUT2D eigenvalue weighted by atomic mass is 79.9. The van der Waals surface area contributed by atoms with Gasteiger partial charge in [0.15, 0.2) is 5.75 Å². The zero-order chi connectivity index (χ0) is 13.3. The quantitative estimate of drug-likeness (QED) is 0.677. The van der Waals surface area contributed by atoms with Gasteiger partial charge in [-0.2, -0.15) is 0 Å². The van der Waals surface area contributed by atoms with Gasteiger partial charge in [-0.25, -0.2) is 9.37 Å². The fourth-order valence-electron chi connectivity index (χ4n) is 1.21. The Labute approximate surface area is 128 Å². The van der Waals surface area contributed by atoms with Crippen LogP contribution in [-0.2, 0) is 0 Å². The number of halogens is 4. The molecule has 3 nitrogen and oxygen atoms in total. The molecule has 0 saturated heterocycles. The Hall–Kier alpha value is -0.660.